The van der Waals surface area contributed by atoms with Crippen molar-refractivity contribution in [3.63, 3.8) is 0 Å². The largest absolute Gasteiger partial charge is 0.384 e. The molecule has 0 saturated heterocycles. The van der Waals surface area contributed by atoms with Crippen molar-refractivity contribution in [3.8, 4) is 6.07 Å². The highest BCUT2D eigenvalue weighted by molar-refractivity contribution is 7.90. The highest BCUT2D eigenvalue weighted by Crippen LogP contribution is 2.14. The number of sulfone groups is 1. The lowest BCUT2D eigenvalue weighted by Crippen LogP contribution is -2.14. The number of ether oxygens (including phenoxy) is 1. The molecule has 0 aliphatic carbocycles. The summed E-state index contributed by atoms with van der Waals surface area (Å²) in [5, 5.41) is 8.79. The van der Waals surface area contributed by atoms with Crippen LogP contribution in [0.1, 0.15) is 11.1 Å². The van der Waals surface area contributed by atoms with Crippen molar-refractivity contribution < 1.29 is 17.5 Å². The van der Waals surface area contributed by atoms with Gasteiger partial charge in [0.2, 0.25) is 0 Å². The zero-order chi connectivity index (χ0) is 12.9. The predicted octanol–water partition coefficient (Wildman–Crippen LogP) is 1.26. The molecule has 1 aromatic rings. The first-order valence-electron chi connectivity index (χ1n) is 4.86. The summed E-state index contributed by atoms with van der Waals surface area (Å²) in [6, 6.07) is 5.31. The van der Waals surface area contributed by atoms with Crippen LogP contribution in [0.15, 0.2) is 18.2 Å². The first-order chi connectivity index (χ1) is 7.98. The van der Waals surface area contributed by atoms with Crippen molar-refractivity contribution in [1.29, 1.82) is 5.26 Å². The Hall–Kier alpha value is -1.45. The van der Waals surface area contributed by atoms with Gasteiger partial charge >= 0.3 is 0 Å². The first-order valence-corrected chi connectivity index (χ1v) is 6.68. The van der Waals surface area contributed by atoms with Gasteiger partial charge in [-0.1, -0.05) is 0 Å². The molecule has 17 heavy (non-hydrogen) atoms. The van der Waals surface area contributed by atoms with E-state index in [0.29, 0.717) is 0 Å². The van der Waals surface area contributed by atoms with Crippen molar-refractivity contribution in [2.75, 3.05) is 19.5 Å². The second kappa shape index (κ2) is 5.75. The molecule has 1 aromatic carbocycles. The maximum atomic E-state index is 13.0. The van der Waals surface area contributed by atoms with E-state index < -0.39 is 15.7 Å². The van der Waals surface area contributed by atoms with E-state index in [1.807, 2.05) is 6.07 Å². The third-order valence-corrected chi connectivity index (χ3v) is 3.70. The molecule has 0 spiro atoms. The molecular weight excluding hydrogens is 245 g/mol. The smallest absolute Gasteiger partial charge is 0.156 e. The zero-order valence-electron chi connectivity index (χ0n) is 9.31. The van der Waals surface area contributed by atoms with Gasteiger partial charge in [0.05, 0.1) is 29.7 Å². The highest BCUT2D eigenvalue weighted by Gasteiger charge is 2.15. The molecule has 0 atom stereocenters. The van der Waals surface area contributed by atoms with Gasteiger partial charge in [0.15, 0.2) is 9.84 Å². The summed E-state index contributed by atoms with van der Waals surface area (Å²) < 4.78 is 40.9. The van der Waals surface area contributed by atoms with Crippen molar-refractivity contribution in [2.45, 2.75) is 5.75 Å². The van der Waals surface area contributed by atoms with Gasteiger partial charge in [-0.3, -0.25) is 0 Å². The molecule has 1 rings (SSSR count). The lowest BCUT2D eigenvalue weighted by atomic mass is 10.1. The van der Waals surface area contributed by atoms with E-state index in [1.165, 1.54) is 13.2 Å². The lowest BCUT2D eigenvalue weighted by Gasteiger charge is -2.05. The Bertz CT molecular complexity index is 534. The standard InChI is InChI=1S/C11H12FNO3S/c1-16-4-5-17(14,15)8-10-6-11(12)3-2-9(10)7-13/h2-3,6H,4-5,8H2,1H3. The monoisotopic (exact) mass is 257 g/mol. The van der Waals surface area contributed by atoms with E-state index >= 15 is 0 Å². The first kappa shape index (κ1) is 13.6. The van der Waals surface area contributed by atoms with Crippen molar-refractivity contribution >= 4 is 9.84 Å². The number of halogens is 1. The second-order valence-electron chi connectivity index (χ2n) is 3.50. The molecule has 0 saturated carbocycles. The van der Waals surface area contributed by atoms with E-state index in [1.54, 1.807) is 0 Å². The fraction of sp³-hybridized carbons (Fsp3) is 0.364. The van der Waals surface area contributed by atoms with E-state index in [0.717, 1.165) is 12.1 Å². The van der Waals surface area contributed by atoms with Crippen molar-refractivity contribution in [2.24, 2.45) is 0 Å². The van der Waals surface area contributed by atoms with Crippen LogP contribution in [0.3, 0.4) is 0 Å². The molecular formula is C11H12FNO3S. The summed E-state index contributed by atoms with van der Waals surface area (Å²) in [5.74, 6) is -1.05. The van der Waals surface area contributed by atoms with Crippen LogP contribution in [0.25, 0.3) is 0 Å². The molecule has 0 N–H and O–H groups in total. The Balaban J connectivity index is 2.95. The van der Waals surface area contributed by atoms with Gasteiger partial charge in [0.25, 0.3) is 0 Å². The maximum Gasteiger partial charge on any atom is 0.156 e. The van der Waals surface area contributed by atoms with Crippen LogP contribution in [-0.4, -0.2) is 27.9 Å². The second-order valence-corrected chi connectivity index (χ2v) is 5.68. The molecule has 0 fully saturated rings. The van der Waals surface area contributed by atoms with Crippen LogP contribution in [0.2, 0.25) is 0 Å². The fourth-order valence-electron chi connectivity index (χ4n) is 1.31. The molecule has 0 aromatic heterocycles. The van der Waals surface area contributed by atoms with Crippen LogP contribution in [0.4, 0.5) is 4.39 Å². The van der Waals surface area contributed by atoms with Crippen molar-refractivity contribution in [3.05, 3.63) is 35.1 Å². The van der Waals surface area contributed by atoms with Crippen LogP contribution in [-0.2, 0) is 20.3 Å². The molecule has 0 radical (unpaired) electrons. The van der Waals surface area contributed by atoms with Gasteiger partial charge in [0, 0.05) is 7.11 Å². The number of hydrogen-bond acceptors (Lipinski definition) is 4. The summed E-state index contributed by atoms with van der Waals surface area (Å²) in [7, 11) is -1.99. The SMILES string of the molecule is COCCS(=O)(=O)Cc1cc(F)ccc1C#N. The minimum atomic E-state index is -3.39. The van der Waals surface area contributed by atoms with Gasteiger partial charge in [-0.25, -0.2) is 12.8 Å². The highest BCUT2D eigenvalue weighted by atomic mass is 32.2. The Labute approximate surface area is 99.6 Å². The molecule has 0 heterocycles. The molecule has 6 heteroatoms. The summed E-state index contributed by atoms with van der Waals surface area (Å²) in [6.45, 7) is 0.0829. The minimum Gasteiger partial charge on any atom is -0.384 e. The third-order valence-electron chi connectivity index (χ3n) is 2.16. The normalized spacial score (nSPS) is 11.1. The summed E-state index contributed by atoms with van der Waals surface area (Å²) in [4.78, 5) is 0. The van der Waals surface area contributed by atoms with Crippen LogP contribution in [0, 0.1) is 17.1 Å². The molecule has 0 aliphatic heterocycles. The van der Waals surface area contributed by atoms with Gasteiger partial charge in [-0.15, -0.1) is 0 Å². The topological polar surface area (TPSA) is 67.2 Å². The Morgan fingerprint density at radius 2 is 2.18 bits per heavy atom. The number of methoxy groups -OCH3 is 1. The zero-order valence-corrected chi connectivity index (χ0v) is 10.1. The number of benzene rings is 1. The average Bonchev–Trinajstić information content (AvgIpc) is 2.26. The molecule has 0 bridgehead atoms. The average molecular weight is 257 g/mol. The third kappa shape index (κ3) is 4.13. The van der Waals surface area contributed by atoms with E-state index in [9.17, 15) is 12.8 Å². The molecule has 0 aliphatic rings. The number of hydrogen-bond donors (Lipinski definition) is 0. The van der Waals surface area contributed by atoms with E-state index in [4.69, 9.17) is 5.26 Å². The molecule has 4 nitrogen and oxygen atoms in total. The van der Waals surface area contributed by atoms with Crippen molar-refractivity contribution in [1.82, 2.24) is 0 Å². The Kier molecular flexibility index (Phi) is 4.61. The van der Waals surface area contributed by atoms with Crippen LogP contribution < -0.4 is 0 Å². The summed E-state index contributed by atoms with van der Waals surface area (Å²) >= 11 is 0. The van der Waals surface area contributed by atoms with E-state index in [2.05, 4.69) is 4.74 Å². The maximum absolute atomic E-state index is 13.0. The summed E-state index contributed by atoms with van der Waals surface area (Å²) in [5.41, 5.74) is 0.357. The lowest BCUT2D eigenvalue weighted by molar-refractivity contribution is 0.217. The summed E-state index contributed by atoms with van der Waals surface area (Å²) in [6.07, 6.45) is 0. The number of nitriles is 1. The van der Waals surface area contributed by atoms with Gasteiger partial charge < -0.3 is 4.74 Å². The fourth-order valence-corrected chi connectivity index (χ4v) is 2.59. The van der Waals surface area contributed by atoms with E-state index in [-0.39, 0.29) is 29.2 Å². The number of rotatable bonds is 5. The molecule has 0 unspecified atom stereocenters. The van der Waals surface area contributed by atoms with Crippen LogP contribution in [0.5, 0.6) is 0 Å². The Morgan fingerprint density at radius 3 is 2.76 bits per heavy atom. The molecule has 0 amide bonds. The van der Waals surface area contributed by atoms with Crippen LogP contribution >= 0.6 is 0 Å². The quantitative estimate of drug-likeness (QED) is 0.796. The minimum absolute atomic E-state index is 0.0829. The number of nitrogens with zero attached hydrogens (tertiary/aromatic N) is 1. The van der Waals surface area contributed by atoms with Gasteiger partial charge in [-0.05, 0) is 23.8 Å². The Morgan fingerprint density at radius 1 is 1.47 bits per heavy atom. The predicted molar refractivity (Wildman–Crippen MR) is 60.5 cm³/mol. The molecule has 92 valence electrons. The van der Waals surface area contributed by atoms with Gasteiger partial charge in [-0.2, -0.15) is 5.26 Å². The van der Waals surface area contributed by atoms with Gasteiger partial charge in [0.1, 0.15) is 5.82 Å².